The molecule has 1 atom stereocenters. The molecule has 1 aliphatic heterocycles. The molecule has 2 nitrogen and oxygen atoms in total. The highest BCUT2D eigenvalue weighted by Gasteiger charge is 2.25. The van der Waals surface area contributed by atoms with Crippen LogP contribution in [0.1, 0.15) is 12.5 Å². The molecule has 0 aromatic heterocycles. The highest BCUT2D eigenvalue weighted by molar-refractivity contribution is 5.38. The molecule has 0 amide bonds. The molecule has 4 heteroatoms. The summed E-state index contributed by atoms with van der Waals surface area (Å²) in [5, 5.41) is 0. The minimum Gasteiger partial charge on any atom is -0.490 e. The Hall–Kier alpha value is -1.16. The molecule has 1 aromatic carbocycles. The van der Waals surface area contributed by atoms with Crippen LogP contribution in [0.15, 0.2) is 12.1 Å². The van der Waals surface area contributed by atoms with Gasteiger partial charge in [-0.15, -0.1) is 0 Å². The number of hydrogen-bond acceptors (Lipinski definition) is 2. The molecule has 0 fully saturated rings. The molecule has 0 bridgehead atoms. The van der Waals surface area contributed by atoms with Crippen molar-refractivity contribution in [3.05, 3.63) is 29.3 Å². The topological polar surface area (TPSA) is 18.5 Å². The second kappa shape index (κ2) is 4.78. The molecule has 1 aliphatic rings. The third-order valence-electron chi connectivity index (χ3n) is 2.67. The van der Waals surface area contributed by atoms with Crippen molar-refractivity contribution in [1.82, 2.24) is 0 Å². The summed E-state index contributed by atoms with van der Waals surface area (Å²) in [5.41, 5.74) is 0.330. The van der Waals surface area contributed by atoms with E-state index in [9.17, 15) is 8.78 Å². The Morgan fingerprint density at radius 2 is 2.12 bits per heavy atom. The fourth-order valence-corrected chi connectivity index (χ4v) is 1.86. The predicted octanol–water partition coefficient (Wildman–Crippen LogP) is 2.55. The smallest absolute Gasteiger partial charge is 0.165 e. The maximum atomic E-state index is 13.5. The quantitative estimate of drug-likeness (QED) is 0.791. The Labute approximate surface area is 93.2 Å². The first kappa shape index (κ1) is 11.3. The lowest BCUT2D eigenvalue weighted by Gasteiger charge is -2.25. The van der Waals surface area contributed by atoms with Crippen LogP contribution in [0.2, 0.25) is 0 Å². The van der Waals surface area contributed by atoms with E-state index in [0.717, 1.165) is 12.1 Å². The van der Waals surface area contributed by atoms with Gasteiger partial charge in [-0.1, -0.05) is 0 Å². The van der Waals surface area contributed by atoms with Gasteiger partial charge in [0.2, 0.25) is 0 Å². The molecule has 88 valence electrons. The Balaban J connectivity index is 2.16. The Kier molecular flexibility index (Phi) is 3.39. The van der Waals surface area contributed by atoms with Crippen LogP contribution in [0.5, 0.6) is 5.75 Å². The van der Waals surface area contributed by atoms with Crippen LogP contribution < -0.4 is 4.74 Å². The van der Waals surface area contributed by atoms with E-state index in [0.29, 0.717) is 31.8 Å². The van der Waals surface area contributed by atoms with Crippen molar-refractivity contribution in [3.8, 4) is 5.75 Å². The SMILES string of the molecule is CCOC[C@@H]1COc2c(F)ccc(F)c2C1. The molecule has 2 rings (SSSR count). The number of benzene rings is 1. The first-order chi connectivity index (χ1) is 7.72. The van der Waals surface area contributed by atoms with Crippen LogP contribution in [0.25, 0.3) is 0 Å². The fraction of sp³-hybridized carbons (Fsp3) is 0.500. The average molecular weight is 228 g/mol. The van der Waals surface area contributed by atoms with Gasteiger partial charge >= 0.3 is 0 Å². The third-order valence-corrected chi connectivity index (χ3v) is 2.67. The summed E-state index contributed by atoms with van der Waals surface area (Å²) in [4.78, 5) is 0. The van der Waals surface area contributed by atoms with Crippen LogP contribution in [0, 0.1) is 17.6 Å². The van der Waals surface area contributed by atoms with Gasteiger partial charge in [0.05, 0.1) is 13.2 Å². The van der Waals surface area contributed by atoms with E-state index in [1.807, 2.05) is 6.92 Å². The summed E-state index contributed by atoms with van der Waals surface area (Å²) < 4.78 is 37.3. The molecular formula is C12H14F2O2. The molecule has 0 unspecified atom stereocenters. The third kappa shape index (κ3) is 2.16. The van der Waals surface area contributed by atoms with Gasteiger partial charge in [-0.3, -0.25) is 0 Å². The Bertz CT molecular complexity index is 380. The lowest BCUT2D eigenvalue weighted by atomic mass is 9.97. The Morgan fingerprint density at radius 3 is 2.88 bits per heavy atom. The van der Waals surface area contributed by atoms with E-state index >= 15 is 0 Å². The zero-order chi connectivity index (χ0) is 11.5. The van der Waals surface area contributed by atoms with Gasteiger partial charge in [-0.2, -0.15) is 0 Å². The van der Waals surface area contributed by atoms with Crippen molar-refractivity contribution in [3.63, 3.8) is 0 Å². The molecule has 0 N–H and O–H groups in total. The van der Waals surface area contributed by atoms with Gasteiger partial charge in [-0.25, -0.2) is 8.78 Å². The lowest BCUT2D eigenvalue weighted by Crippen LogP contribution is -2.26. The van der Waals surface area contributed by atoms with E-state index in [1.54, 1.807) is 0 Å². The number of fused-ring (bicyclic) bond motifs is 1. The molecule has 0 aliphatic carbocycles. The normalized spacial score (nSPS) is 19.1. The first-order valence-electron chi connectivity index (χ1n) is 5.39. The van der Waals surface area contributed by atoms with Gasteiger partial charge in [-0.05, 0) is 25.5 Å². The minimum atomic E-state index is -0.494. The van der Waals surface area contributed by atoms with E-state index in [1.165, 1.54) is 0 Å². The zero-order valence-corrected chi connectivity index (χ0v) is 9.13. The number of halogens is 2. The van der Waals surface area contributed by atoms with Crippen LogP contribution in [-0.2, 0) is 11.2 Å². The van der Waals surface area contributed by atoms with E-state index in [-0.39, 0.29) is 11.7 Å². The number of ether oxygens (including phenoxy) is 2. The largest absolute Gasteiger partial charge is 0.490 e. The van der Waals surface area contributed by atoms with E-state index < -0.39 is 11.6 Å². The number of hydrogen-bond donors (Lipinski definition) is 0. The van der Waals surface area contributed by atoms with Gasteiger partial charge in [0, 0.05) is 18.1 Å². The Morgan fingerprint density at radius 1 is 1.38 bits per heavy atom. The summed E-state index contributed by atoms with van der Waals surface area (Å²) in [6.45, 7) is 3.42. The molecule has 0 saturated heterocycles. The van der Waals surface area contributed by atoms with Crippen LogP contribution in [0.3, 0.4) is 0 Å². The minimum absolute atomic E-state index is 0.0627. The molecule has 0 spiro atoms. The molecule has 0 saturated carbocycles. The van der Waals surface area contributed by atoms with Crippen molar-refractivity contribution in [2.24, 2.45) is 5.92 Å². The second-order valence-corrected chi connectivity index (χ2v) is 3.88. The maximum absolute atomic E-state index is 13.5. The van der Waals surface area contributed by atoms with Crippen LogP contribution in [0.4, 0.5) is 8.78 Å². The molecule has 1 heterocycles. The van der Waals surface area contributed by atoms with Gasteiger partial charge < -0.3 is 9.47 Å². The summed E-state index contributed by atoms with van der Waals surface area (Å²) >= 11 is 0. The van der Waals surface area contributed by atoms with Crippen LogP contribution >= 0.6 is 0 Å². The van der Waals surface area contributed by atoms with Crippen molar-refractivity contribution in [2.45, 2.75) is 13.3 Å². The first-order valence-corrected chi connectivity index (χ1v) is 5.39. The van der Waals surface area contributed by atoms with E-state index in [4.69, 9.17) is 9.47 Å². The summed E-state index contributed by atoms with van der Waals surface area (Å²) in [6.07, 6.45) is 0.471. The highest BCUT2D eigenvalue weighted by atomic mass is 19.1. The molecule has 1 aromatic rings. The fourth-order valence-electron chi connectivity index (χ4n) is 1.86. The summed E-state index contributed by atoms with van der Waals surface area (Å²) in [7, 11) is 0. The summed E-state index contributed by atoms with van der Waals surface area (Å²) in [5.74, 6) is -0.736. The van der Waals surface area contributed by atoms with Gasteiger partial charge in [0.15, 0.2) is 11.6 Å². The second-order valence-electron chi connectivity index (χ2n) is 3.88. The standard InChI is InChI=1S/C12H14F2O2/c1-2-15-6-8-5-9-10(13)3-4-11(14)12(9)16-7-8/h3-4,8H,2,5-7H2,1H3/t8-/m1/s1. The number of rotatable bonds is 3. The maximum Gasteiger partial charge on any atom is 0.165 e. The average Bonchev–Trinajstić information content (AvgIpc) is 2.31. The van der Waals surface area contributed by atoms with Crippen molar-refractivity contribution in [1.29, 1.82) is 0 Å². The van der Waals surface area contributed by atoms with Gasteiger partial charge in [0.1, 0.15) is 5.82 Å². The van der Waals surface area contributed by atoms with Crippen LogP contribution in [-0.4, -0.2) is 19.8 Å². The van der Waals surface area contributed by atoms with Crippen molar-refractivity contribution >= 4 is 0 Å². The van der Waals surface area contributed by atoms with Crippen molar-refractivity contribution < 1.29 is 18.3 Å². The van der Waals surface area contributed by atoms with Gasteiger partial charge in [0.25, 0.3) is 0 Å². The van der Waals surface area contributed by atoms with Crippen molar-refractivity contribution in [2.75, 3.05) is 19.8 Å². The van der Waals surface area contributed by atoms with E-state index in [2.05, 4.69) is 0 Å². The summed E-state index contributed by atoms with van der Waals surface area (Å²) in [6, 6.07) is 2.23. The molecule has 16 heavy (non-hydrogen) atoms. The zero-order valence-electron chi connectivity index (χ0n) is 9.13. The monoisotopic (exact) mass is 228 g/mol. The lowest BCUT2D eigenvalue weighted by molar-refractivity contribution is 0.0767. The molecular weight excluding hydrogens is 214 g/mol. The highest BCUT2D eigenvalue weighted by Crippen LogP contribution is 2.32. The predicted molar refractivity (Wildman–Crippen MR) is 55.5 cm³/mol. The molecule has 0 radical (unpaired) electrons.